The van der Waals surface area contributed by atoms with Crippen LogP contribution in [0.2, 0.25) is 0 Å². The van der Waals surface area contributed by atoms with Gasteiger partial charge < -0.3 is 18.9 Å². The number of fused-ring (bicyclic) bond motifs is 2. The van der Waals surface area contributed by atoms with Gasteiger partial charge in [0.05, 0.1) is 12.1 Å². The van der Waals surface area contributed by atoms with Crippen LogP contribution in [-0.4, -0.2) is 34.3 Å². The van der Waals surface area contributed by atoms with Crippen LogP contribution in [0.5, 0.6) is 5.75 Å². The third kappa shape index (κ3) is 2.22. The molecule has 0 spiro atoms. The quantitative estimate of drug-likeness (QED) is 0.849. The number of nitrogens with zero attached hydrogens (tertiary/aromatic N) is 2. The van der Waals surface area contributed by atoms with Crippen LogP contribution in [0.4, 0.5) is 0 Å². The first-order valence-electron chi connectivity index (χ1n) is 9.05. The Hall–Kier alpha value is -2.60. The SMILES string of the molecule is C[C@H]1CN2C(=O)c3c(OCc4ccccc4)c(=O)cc4n3C(CC4)C2O1. The molecular formula is C20H20N2O4. The largest absolute Gasteiger partial charge is 0.483 e. The molecular weight excluding hydrogens is 332 g/mol. The molecule has 6 nitrogen and oxygen atoms in total. The highest BCUT2D eigenvalue weighted by atomic mass is 16.5. The van der Waals surface area contributed by atoms with Crippen molar-refractivity contribution in [3.8, 4) is 5.75 Å². The minimum atomic E-state index is -0.240. The second-order valence-electron chi connectivity index (χ2n) is 7.22. The fraction of sp³-hybridized carbons (Fsp3) is 0.400. The second-order valence-corrected chi connectivity index (χ2v) is 7.22. The molecule has 1 aromatic heterocycles. The number of carbonyl (C=O) groups is 1. The number of ether oxygens (including phenoxy) is 2. The molecule has 1 saturated heterocycles. The summed E-state index contributed by atoms with van der Waals surface area (Å²) in [5, 5.41) is 0. The van der Waals surface area contributed by atoms with Gasteiger partial charge in [-0.25, -0.2) is 0 Å². The van der Waals surface area contributed by atoms with Gasteiger partial charge in [-0.2, -0.15) is 0 Å². The van der Waals surface area contributed by atoms with Gasteiger partial charge >= 0.3 is 0 Å². The summed E-state index contributed by atoms with van der Waals surface area (Å²) in [6.45, 7) is 2.79. The molecule has 3 aliphatic rings. The number of hydrogen-bond acceptors (Lipinski definition) is 4. The van der Waals surface area contributed by atoms with Crippen molar-refractivity contribution >= 4 is 5.91 Å². The van der Waals surface area contributed by atoms with E-state index in [0.29, 0.717) is 12.2 Å². The van der Waals surface area contributed by atoms with E-state index in [0.717, 1.165) is 24.1 Å². The van der Waals surface area contributed by atoms with Gasteiger partial charge in [0.25, 0.3) is 5.91 Å². The maximum atomic E-state index is 13.2. The number of rotatable bonds is 3. The Morgan fingerprint density at radius 3 is 2.85 bits per heavy atom. The summed E-state index contributed by atoms with van der Waals surface area (Å²) in [5.41, 5.74) is 2.03. The monoisotopic (exact) mass is 352 g/mol. The van der Waals surface area contributed by atoms with E-state index >= 15 is 0 Å². The molecule has 26 heavy (non-hydrogen) atoms. The molecule has 134 valence electrons. The molecule has 0 saturated carbocycles. The Labute approximate surface area is 150 Å². The number of amides is 1. The molecule has 1 fully saturated rings. The predicted molar refractivity (Wildman–Crippen MR) is 94.2 cm³/mol. The minimum Gasteiger partial charge on any atom is -0.483 e. The second kappa shape index (κ2) is 5.71. The Kier molecular flexibility index (Phi) is 3.43. The first-order chi connectivity index (χ1) is 12.6. The van der Waals surface area contributed by atoms with Crippen molar-refractivity contribution in [2.24, 2.45) is 0 Å². The highest BCUT2D eigenvalue weighted by Crippen LogP contribution is 2.42. The zero-order valence-corrected chi connectivity index (χ0v) is 14.6. The van der Waals surface area contributed by atoms with E-state index in [-0.39, 0.29) is 42.1 Å². The number of hydrogen-bond donors (Lipinski definition) is 0. The highest BCUT2D eigenvalue weighted by Gasteiger charge is 2.49. The van der Waals surface area contributed by atoms with Gasteiger partial charge in [-0.3, -0.25) is 9.59 Å². The zero-order chi connectivity index (χ0) is 17.8. The van der Waals surface area contributed by atoms with Crippen molar-refractivity contribution in [1.29, 1.82) is 0 Å². The average molecular weight is 352 g/mol. The molecule has 0 radical (unpaired) electrons. The standard InChI is InChI=1S/C20H20N2O4/c1-12-10-21-19(24)17-18(25-11-13-5-3-2-4-6-13)16(23)9-14-7-8-15(22(14)17)20(21)26-12/h2-6,9,12,15,20H,7-8,10-11H2,1H3/t12-,15?,20?/m0/s1. The van der Waals surface area contributed by atoms with E-state index in [1.807, 2.05) is 41.8 Å². The summed E-state index contributed by atoms with van der Waals surface area (Å²) in [4.78, 5) is 27.6. The van der Waals surface area contributed by atoms with Crippen LogP contribution in [0.3, 0.4) is 0 Å². The molecule has 0 aliphatic carbocycles. The highest BCUT2D eigenvalue weighted by molar-refractivity contribution is 5.96. The molecule has 3 aliphatic heterocycles. The summed E-state index contributed by atoms with van der Waals surface area (Å²) in [6, 6.07) is 11.3. The molecule has 5 rings (SSSR count). The third-order valence-corrected chi connectivity index (χ3v) is 5.47. The van der Waals surface area contributed by atoms with Gasteiger partial charge in [-0.05, 0) is 25.3 Å². The lowest BCUT2D eigenvalue weighted by Crippen LogP contribution is -2.48. The van der Waals surface area contributed by atoms with Crippen LogP contribution < -0.4 is 10.2 Å². The lowest BCUT2D eigenvalue weighted by molar-refractivity contribution is -0.0309. The van der Waals surface area contributed by atoms with E-state index in [1.165, 1.54) is 0 Å². The van der Waals surface area contributed by atoms with Crippen LogP contribution in [-0.2, 0) is 17.8 Å². The van der Waals surface area contributed by atoms with E-state index in [9.17, 15) is 9.59 Å². The lowest BCUT2D eigenvalue weighted by Gasteiger charge is -2.36. The molecule has 4 heterocycles. The molecule has 1 aromatic carbocycles. The van der Waals surface area contributed by atoms with E-state index in [1.54, 1.807) is 11.0 Å². The maximum absolute atomic E-state index is 13.2. The summed E-state index contributed by atoms with van der Waals surface area (Å²) < 4.78 is 13.9. The van der Waals surface area contributed by atoms with Gasteiger partial charge in [0.15, 0.2) is 17.7 Å². The Bertz CT molecular complexity index is 937. The molecule has 2 aromatic rings. The molecule has 2 unspecified atom stereocenters. The van der Waals surface area contributed by atoms with Crippen LogP contribution in [0.15, 0.2) is 41.2 Å². The van der Waals surface area contributed by atoms with Crippen molar-refractivity contribution in [2.45, 2.75) is 44.7 Å². The number of carbonyl (C=O) groups excluding carboxylic acids is 1. The molecule has 3 atom stereocenters. The summed E-state index contributed by atoms with van der Waals surface area (Å²) in [7, 11) is 0. The number of benzene rings is 1. The van der Waals surface area contributed by atoms with Crippen LogP contribution in [0.1, 0.15) is 41.1 Å². The number of pyridine rings is 1. The van der Waals surface area contributed by atoms with Crippen LogP contribution in [0, 0.1) is 0 Å². The number of aryl methyl sites for hydroxylation is 1. The Balaban J connectivity index is 1.59. The van der Waals surface area contributed by atoms with Gasteiger partial charge in [0, 0.05) is 18.3 Å². The van der Waals surface area contributed by atoms with Crippen molar-refractivity contribution in [3.05, 3.63) is 63.6 Å². The smallest absolute Gasteiger partial charge is 0.276 e. The summed E-state index contributed by atoms with van der Waals surface area (Å²) in [6.07, 6.45) is 1.41. The van der Waals surface area contributed by atoms with Crippen molar-refractivity contribution in [3.63, 3.8) is 0 Å². The predicted octanol–water partition coefficient (Wildman–Crippen LogP) is 2.12. The van der Waals surface area contributed by atoms with Gasteiger partial charge in [-0.1, -0.05) is 30.3 Å². The zero-order valence-electron chi connectivity index (χ0n) is 14.6. The Morgan fingerprint density at radius 1 is 1.23 bits per heavy atom. The summed E-state index contributed by atoms with van der Waals surface area (Å²) >= 11 is 0. The van der Waals surface area contributed by atoms with Crippen molar-refractivity contribution in [1.82, 2.24) is 9.47 Å². The van der Waals surface area contributed by atoms with Gasteiger partial charge in [-0.15, -0.1) is 0 Å². The number of aromatic nitrogens is 1. The molecule has 0 N–H and O–H groups in total. The molecule has 1 amide bonds. The fourth-order valence-electron chi connectivity index (χ4n) is 4.36. The third-order valence-electron chi connectivity index (χ3n) is 5.47. The minimum absolute atomic E-state index is 0.00308. The Morgan fingerprint density at radius 2 is 2.04 bits per heavy atom. The van der Waals surface area contributed by atoms with Crippen molar-refractivity contribution < 1.29 is 14.3 Å². The summed E-state index contributed by atoms with van der Waals surface area (Å²) in [5.74, 6) is -0.00739. The van der Waals surface area contributed by atoms with Gasteiger partial charge in [0.2, 0.25) is 5.43 Å². The first-order valence-corrected chi connectivity index (χ1v) is 9.05. The van der Waals surface area contributed by atoms with E-state index in [4.69, 9.17) is 9.47 Å². The molecule has 0 bridgehead atoms. The van der Waals surface area contributed by atoms with Crippen LogP contribution in [0.25, 0.3) is 0 Å². The molecule has 6 heteroatoms. The first kappa shape index (κ1) is 15.6. The lowest BCUT2D eigenvalue weighted by atomic mass is 10.1. The fourth-order valence-corrected chi connectivity index (χ4v) is 4.36. The topological polar surface area (TPSA) is 60.8 Å². The maximum Gasteiger partial charge on any atom is 0.276 e. The average Bonchev–Trinajstić information content (AvgIpc) is 3.22. The van der Waals surface area contributed by atoms with E-state index in [2.05, 4.69) is 0 Å². The van der Waals surface area contributed by atoms with Crippen molar-refractivity contribution in [2.75, 3.05) is 6.54 Å². The van der Waals surface area contributed by atoms with Crippen LogP contribution >= 0.6 is 0 Å². The van der Waals surface area contributed by atoms with Gasteiger partial charge in [0.1, 0.15) is 6.61 Å². The van der Waals surface area contributed by atoms with E-state index < -0.39 is 0 Å². The normalized spacial score (nSPS) is 26.0.